The molecule has 2 heterocycles. The van der Waals surface area contributed by atoms with Gasteiger partial charge in [-0.2, -0.15) is 0 Å². The molecule has 2 saturated heterocycles. The summed E-state index contributed by atoms with van der Waals surface area (Å²) in [4.78, 5) is 42.9. The molecular formula is C21H29FN4O3. The standard InChI is InChI=1S/C21H29FN4O3/c1-2-20(28)26-10-4-3-5-18(26)21(29)25-13-11-24(12-14-25)15-19(27)23-17-8-6-16(22)7-9-17/h6-9,18H,2-5,10-15H2,1H3,(H,23,27)/t18-/m0/s1. The van der Waals surface area contributed by atoms with Gasteiger partial charge in [0, 0.05) is 44.8 Å². The number of likely N-dealkylation sites (tertiary alicyclic amines) is 1. The van der Waals surface area contributed by atoms with E-state index >= 15 is 0 Å². The maximum atomic E-state index is 13.0. The minimum Gasteiger partial charge on any atom is -0.338 e. The fourth-order valence-electron chi connectivity index (χ4n) is 3.96. The van der Waals surface area contributed by atoms with Crippen molar-refractivity contribution in [2.75, 3.05) is 44.6 Å². The molecule has 0 aromatic heterocycles. The number of rotatable bonds is 5. The molecule has 0 spiro atoms. The molecule has 29 heavy (non-hydrogen) atoms. The van der Waals surface area contributed by atoms with Gasteiger partial charge in [-0.05, 0) is 43.5 Å². The van der Waals surface area contributed by atoms with Gasteiger partial charge in [-0.25, -0.2) is 4.39 Å². The van der Waals surface area contributed by atoms with Gasteiger partial charge in [-0.3, -0.25) is 19.3 Å². The molecule has 1 aromatic carbocycles. The highest BCUT2D eigenvalue weighted by atomic mass is 19.1. The zero-order valence-electron chi connectivity index (χ0n) is 16.9. The second-order valence-corrected chi connectivity index (χ2v) is 7.61. The quantitative estimate of drug-likeness (QED) is 0.811. The number of nitrogens with zero attached hydrogens (tertiary/aromatic N) is 3. The van der Waals surface area contributed by atoms with Crippen molar-refractivity contribution in [1.29, 1.82) is 0 Å². The van der Waals surface area contributed by atoms with Crippen LogP contribution in [-0.4, -0.2) is 77.7 Å². The summed E-state index contributed by atoms with van der Waals surface area (Å²) < 4.78 is 12.9. The van der Waals surface area contributed by atoms with Gasteiger partial charge in [0.1, 0.15) is 11.9 Å². The largest absolute Gasteiger partial charge is 0.338 e. The summed E-state index contributed by atoms with van der Waals surface area (Å²) in [5, 5.41) is 2.75. The minimum absolute atomic E-state index is 0.0295. The normalized spacial score (nSPS) is 20.4. The maximum absolute atomic E-state index is 13.0. The molecule has 2 aliphatic heterocycles. The van der Waals surface area contributed by atoms with E-state index in [-0.39, 0.29) is 36.1 Å². The van der Waals surface area contributed by atoms with Crippen LogP contribution in [0.3, 0.4) is 0 Å². The Balaban J connectivity index is 1.48. The Morgan fingerprint density at radius 1 is 1.03 bits per heavy atom. The molecule has 1 N–H and O–H groups in total. The van der Waals surface area contributed by atoms with Crippen molar-refractivity contribution in [2.45, 2.75) is 38.6 Å². The summed E-state index contributed by atoms with van der Waals surface area (Å²) in [6.45, 7) is 5.03. The lowest BCUT2D eigenvalue weighted by Crippen LogP contribution is -2.57. The van der Waals surface area contributed by atoms with Crippen LogP contribution < -0.4 is 5.32 Å². The van der Waals surface area contributed by atoms with Crippen molar-refractivity contribution < 1.29 is 18.8 Å². The van der Waals surface area contributed by atoms with Crippen LogP contribution in [0.25, 0.3) is 0 Å². The first-order chi connectivity index (χ1) is 14.0. The maximum Gasteiger partial charge on any atom is 0.245 e. The van der Waals surface area contributed by atoms with E-state index in [1.54, 1.807) is 4.90 Å². The smallest absolute Gasteiger partial charge is 0.245 e. The average Bonchev–Trinajstić information content (AvgIpc) is 2.75. The number of hydrogen-bond acceptors (Lipinski definition) is 4. The second kappa shape index (κ2) is 9.82. The number of amides is 3. The van der Waals surface area contributed by atoms with Crippen molar-refractivity contribution >= 4 is 23.4 Å². The highest BCUT2D eigenvalue weighted by Gasteiger charge is 2.35. The molecule has 8 heteroatoms. The summed E-state index contributed by atoms with van der Waals surface area (Å²) in [6, 6.07) is 5.31. The Hall–Kier alpha value is -2.48. The Kier molecular flexibility index (Phi) is 7.19. The number of piperazine rings is 1. The van der Waals surface area contributed by atoms with Gasteiger partial charge in [-0.1, -0.05) is 6.92 Å². The summed E-state index contributed by atoms with van der Waals surface area (Å²) in [5.74, 6) is -0.439. The fourth-order valence-corrected chi connectivity index (χ4v) is 3.96. The number of halogens is 1. The molecule has 158 valence electrons. The van der Waals surface area contributed by atoms with E-state index in [1.165, 1.54) is 24.3 Å². The summed E-state index contributed by atoms with van der Waals surface area (Å²) in [5.41, 5.74) is 0.559. The van der Waals surface area contributed by atoms with Crippen molar-refractivity contribution in [3.63, 3.8) is 0 Å². The van der Waals surface area contributed by atoms with E-state index in [4.69, 9.17) is 0 Å². The molecule has 0 saturated carbocycles. The molecule has 2 aliphatic rings. The third-order valence-electron chi connectivity index (χ3n) is 5.59. The number of benzene rings is 1. The highest BCUT2D eigenvalue weighted by Crippen LogP contribution is 2.21. The number of anilines is 1. The van der Waals surface area contributed by atoms with Gasteiger partial charge in [0.2, 0.25) is 17.7 Å². The molecule has 3 amide bonds. The first-order valence-corrected chi connectivity index (χ1v) is 10.3. The summed E-state index contributed by atoms with van der Waals surface area (Å²) in [7, 11) is 0. The van der Waals surface area contributed by atoms with Crippen LogP contribution >= 0.6 is 0 Å². The van der Waals surface area contributed by atoms with Crippen LogP contribution in [0.5, 0.6) is 0 Å². The summed E-state index contributed by atoms with van der Waals surface area (Å²) in [6.07, 6.45) is 3.06. The lowest BCUT2D eigenvalue weighted by atomic mass is 10.00. The molecular weight excluding hydrogens is 375 g/mol. The average molecular weight is 404 g/mol. The van der Waals surface area contributed by atoms with Gasteiger partial charge in [0.05, 0.1) is 6.54 Å². The Labute approximate surface area is 170 Å². The zero-order valence-corrected chi connectivity index (χ0v) is 16.9. The SMILES string of the molecule is CCC(=O)N1CCCC[C@H]1C(=O)N1CCN(CC(=O)Nc2ccc(F)cc2)CC1. The minimum atomic E-state index is -0.346. The molecule has 0 bridgehead atoms. The molecule has 0 unspecified atom stereocenters. The second-order valence-electron chi connectivity index (χ2n) is 7.61. The van der Waals surface area contributed by atoms with E-state index < -0.39 is 0 Å². The van der Waals surface area contributed by atoms with Gasteiger partial charge in [-0.15, -0.1) is 0 Å². The predicted molar refractivity (Wildman–Crippen MR) is 108 cm³/mol. The van der Waals surface area contributed by atoms with Crippen LogP contribution in [0.1, 0.15) is 32.6 Å². The van der Waals surface area contributed by atoms with E-state index in [9.17, 15) is 18.8 Å². The lowest BCUT2D eigenvalue weighted by molar-refractivity contribution is -0.148. The van der Waals surface area contributed by atoms with Gasteiger partial charge >= 0.3 is 0 Å². The molecule has 0 aliphatic carbocycles. The Morgan fingerprint density at radius 3 is 2.38 bits per heavy atom. The van der Waals surface area contributed by atoms with E-state index in [2.05, 4.69) is 5.32 Å². The topological polar surface area (TPSA) is 73.0 Å². The van der Waals surface area contributed by atoms with Crippen LogP contribution in [0, 0.1) is 5.82 Å². The van der Waals surface area contributed by atoms with Crippen molar-refractivity contribution in [1.82, 2.24) is 14.7 Å². The molecule has 3 rings (SSSR count). The van der Waals surface area contributed by atoms with E-state index in [1.807, 2.05) is 16.7 Å². The van der Waals surface area contributed by atoms with Crippen molar-refractivity contribution in [3.8, 4) is 0 Å². The van der Waals surface area contributed by atoms with E-state index in [0.717, 1.165) is 19.3 Å². The highest BCUT2D eigenvalue weighted by molar-refractivity contribution is 5.92. The van der Waals surface area contributed by atoms with Crippen LogP contribution in [0.15, 0.2) is 24.3 Å². The first-order valence-electron chi connectivity index (χ1n) is 10.3. The zero-order chi connectivity index (χ0) is 20.8. The first kappa shape index (κ1) is 21.2. The van der Waals surface area contributed by atoms with Crippen molar-refractivity contribution in [2.24, 2.45) is 0 Å². The van der Waals surface area contributed by atoms with Crippen LogP contribution in [0.2, 0.25) is 0 Å². The van der Waals surface area contributed by atoms with Crippen LogP contribution in [0.4, 0.5) is 10.1 Å². The van der Waals surface area contributed by atoms with Crippen molar-refractivity contribution in [3.05, 3.63) is 30.1 Å². The van der Waals surface area contributed by atoms with Gasteiger partial charge in [0.25, 0.3) is 0 Å². The van der Waals surface area contributed by atoms with E-state index in [0.29, 0.717) is 44.8 Å². The molecule has 1 aromatic rings. The van der Waals surface area contributed by atoms with Gasteiger partial charge < -0.3 is 15.1 Å². The third kappa shape index (κ3) is 5.53. The molecule has 7 nitrogen and oxygen atoms in total. The lowest BCUT2D eigenvalue weighted by Gasteiger charge is -2.40. The monoisotopic (exact) mass is 404 g/mol. The Bertz CT molecular complexity index is 732. The number of carbonyl (C=O) groups excluding carboxylic acids is 3. The molecule has 1 atom stereocenters. The Morgan fingerprint density at radius 2 is 1.72 bits per heavy atom. The number of piperidine rings is 1. The number of hydrogen-bond donors (Lipinski definition) is 1. The molecule has 2 fully saturated rings. The fraction of sp³-hybridized carbons (Fsp3) is 0.571. The summed E-state index contributed by atoms with van der Waals surface area (Å²) >= 11 is 0. The van der Waals surface area contributed by atoms with Crippen LogP contribution in [-0.2, 0) is 14.4 Å². The number of nitrogens with one attached hydrogen (secondary N) is 1. The van der Waals surface area contributed by atoms with Gasteiger partial charge in [0.15, 0.2) is 0 Å². The molecule has 0 radical (unpaired) electrons. The third-order valence-corrected chi connectivity index (χ3v) is 5.59. The predicted octanol–water partition coefficient (Wildman–Crippen LogP) is 1.70. The number of carbonyl (C=O) groups is 3.